The Morgan fingerprint density at radius 2 is 1.59 bits per heavy atom. The molecule has 0 bridgehead atoms. The summed E-state index contributed by atoms with van der Waals surface area (Å²) < 4.78 is 16.1. The highest BCUT2D eigenvalue weighted by Gasteiger charge is 2.37. The second-order valence-electron chi connectivity index (χ2n) is 7.74. The second kappa shape index (κ2) is 10.1. The number of ether oxygens (including phenoxy) is 3. The van der Waals surface area contributed by atoms with Crippen LogP contribution in [0.1, 0.15) is 18.1 Å². The molecule has 4 rings (SSSR count). The van der Waals surface area contributed by atoms with E-state index in [1.54, 1.807) is 25.0 Å². The summed E-state index contributed by atoms with van der Waals surface area (Å²) in [5.74, 6) is 1.26. The minimum Gasteiger partial charge on any atom is -0.497 e. The summed E-state index contributed by atoms with van der Waals surface area (Å²) in [7, 11) is 2.91. The monoisotopic (exact) mass is 455 g/mol. The standard InChI is InChI=1S/C28H25NO5/c1-19-26(28(31)33-3)25(27(30)29(19)18-20-12-14-22(32-2)15-13-20)17-21-8-7-11-24(16-21)34-23-9-5-4-6-10-23/h4-17H,18H2,1-3H3/b25-17-. The Balaban J connectivity index is 1.65. The molecule has 0 saturated carbocycles. The number of hydrogen-bond acceptors (Lipinski definition) is 5. The molecule has 3 aromatic rings. The van der Waals surface area contributed by atoms with Crippen LogP contribution < -0.4 is 9.47 Å². The van der Waals surface area contributed by atoms with Crippen LogP contribution in [0, 0.1) is 0 Å². The molecule has 1 heterocycles. The predicted molar refractivity (Wildman–Crippen MR) is 129 cm³/mol. The molecular weight excluding hydrogens is 430 g/mol. The van der Waals surface area contributed by atoms with Gasteiger partial charge in [-0.05, 0) is 60.5 Å². The van der Waals surface area contributed by atoms with Crippen molar-refractivity contribution in [3.05, 3.63) is 107 Å². The maximum absolute atomic E-state index is 13.4. The van der Waals surface area contributed by atoms with E-state index in [4.69, 9.17) is 14.2 Å². The van der Waals surface area contributed by atoms with Crippen molar-refractivity contribution in [3.8, 4) is 17.2 Å². The number of rotatable bonds is 7. The van der Waals surface area contributed by atoms with E-state index in [9.17, 15) is 9.59 Å². The van der Waals surface area contributed by atoms with Crippen LogP contribution in [0.5, 0.6) is 17.2 Å². The third kappa shape index (κ3) is 4.86. The SMILES string of the molecule is COC(=O)C1=C(C)N(Cc2ccc(OC)cc2)C(=O)/C1=C\c1cccc(Oc2ccccc2)c1. The lowest BCUT2D eigenvalue weighted by Crippen LogP contribution is -2.24. The van der Waals surface area contributed by atoms with E-state index in [1.807, 2.05) is 78.9 Å². The first-order valence-electron chi connectivity index (χ1n) is 10.8. The number of hydrogen-bond donors (Lipinski definition) is 0. The Morgan fingerprint density at radius 1 is 0.882 bits per heavy atom. The van der Waals surface area contributed by atoms with Crippen LogP contribution in [0.3, 0.4) is 0 Å². The summed E-state index contributed by atoms with van der Waals surface area (Å²) in [4.78, 5) is 27.6. The van der Waals surface area contributed by atoms with E-state index in [0.717, 1.165) is 16.9 Å². The molecule has 6 nitrogen and oxygen atoms in total. The first-order chi connectivity index (χ1) is 16.5. The molecular formula is C28H25NO5. The highest BCUT2D eigenvalue weighted by atomic mass is 16.5. The van der Waals surface area contributed by atoms with Gasteiger partial charge in [-0.25, -0.2) is 4.79 Å². The molecule has 0 unspecified atom stereocenters. The molecule has 34 heavy (non-hydrogen) atoms. The summed E-state index contributed by atoms with van der Waals surface area (Å²) in [5, 5.41) is 0. The summed E-state index contributed by atoms with van der Waals surface area (Å²) in [6.45, 7) is 2.08. The van der Waals surface area contributed by atoms with Crippen LogP contribution in [0.25, 0.3) is 6.08 Å². The van der Waals surface area contributed by atoms with Crippen LogP contribution in [0.2, 0.25) is 0 Å². The fourth-order valence-electron chi connectivity index (χ4n) is 3.79. The largest absolute Gasteiger partial charge is 0.497 e. The fourth-order valence-corrected chi connectivity index (χ4v) is 3.79. The molecule has 0 fully saturated rings. The zero-order valence-electron chi connectivity index (χ0n) is 19.3. The van der Waals surface area contributed by atoms with Gasteiger partial charge in [-0.3, -0.25) is 4.79 Å². The average molecular weight is 456 g/mol. The van der Waals surface area contributed by atoms with E-state index < -0.39 is 5.97 Å². The smallest absolute Gasteiger partial charge is 0.340 e. The molecule has 172 valence electrons. The van der Waals surface area contributed by atoms with Gasteiger partial charge in [0, 0.05) is 5.70 Å². The Kier molecular flexibility index (Phi) is 6.78. The topological polar surface area (TPSA) is 65.1 Å². The molecule has 3 aromatic carbocycles. The molecule has 0 radical (unpaired) electrons. The van der Waals surface area contributed by atoms with E-state index in [0.29, 0.717) is 23.7 Å². The first-order valence-corrected chi connectivity index (χ1v) is 10.8. The van der Waals surface area contributed by atoms with Crippen molar-refractivity contribution in [1.29, 1.82) is 0 Å². The van der Waals surface area contributed by atoms with Gasteiger partial charge in [0.25, 0.3) is 5.91 Å². The van der Waals surface area contributed by atoms with E-state index in [2.05, 4.69) is 0 Å². The van der Waals surface area contributed by atoms with Gasteiger partial charge in [0.15, 0.2) is 0 Å². The average Bonchev–Trinajstić information content (AvgIpc) is 3.09. The number of nitrogens with zero attached hydrogens (tertiary/aromatic N) is 1. The third-order valence-electron chi connectivity index (χ3n) is 5.55. The normalized spacial score (nSPS) is 14.5. The number of methoxy groups -OCH3 is 2. The van der Waals surface area contributed by atoms with Crippen LogP contribution in [0.4, 0.5) is 0 Å². The van der Waals surface area contributed by atoms with Gasteiger partial charge in [0.1, 0.15) is 17.2 Å². The van der Waals surface area contributed by atoms with Gasteiger partial charge in [-0.2, -0.15) is 0 Å². The summed E-state index contributed by atoms with van der Waals surface area (Å²) in [6, 6.07) is 24.3. The minimum absolute atomic E-state index is 0.260. The number of carbonyl (C=O) groups excluding carboxylic acids is 2. The van der Waals surface area contributed by atoms with Crippen molar-refractivity contribution < 1.29 is 23.8 Å². The lowest BCUT2D eigenvalue weighted by molar-refractivity contribution is -0.136. The third-order valence-corrected chi connectivity index (χ3v) is 5.55. The van der Waals surface area contributed by atoms with Gasteiger partial charge in [0.05, 0.1) is 31.9 Å². The lowest BCUT2D eigenvalue weighted by Gasteiger charge is -2.18. The molecule has 0 saturated heterocycles. The molecule has 0 aliphatic carbocycles. The molecule has 0 spiro atoms. The second-order valence-corrected chi connectivity index (χ2v) is 7.74. The fraction of sp³-hybridized carbons (Fsp3) is 0.143. The molecule has 1 aliphatic heterocycles. The molecule has 6 heteroatoms. The molecule has 1 aliphatic rings. The Hall–Kier alpha value is -4.32. The number of esters is 1. The quantitative estimate of drug-likeness (QED) is 0.354. The van der Waals surface area contributed by atoms with Gasteiger partial charge in [0.2, 0.25) is 0 Å². The number of benzene rings is 3. The summed E-state index contributed by atoms with van der Waals surface area (Å²) in [5.41, 5.74) is 2.75. The number of allylic oxidation sites excluding steroid dienone is 1. The van der Waals surface area contributed by atoms with Gasteiger partial charge in [-0.1, -0.05) is 42.5 Å². The van der Waals surface area contributed by atoms with Crippen LogP contribution in [0.15, 0.2) is 95.7 Å². The maximum atomic E-state index is 13.4. The molecule has 0 atom stereocenters. The van der Waals surface area contributed by atoms with Gasteiger partial charge >= 0.3 is 5.97 Å². The van der Waals surface area contributed by atoms with Gasteiger partial charge in [-0.15, -0.1) is 0 Å². The van der Waals surface area contributed by atoms with Crippen molar-refractivity contribution >= 4 is 18.0 Å². The molecule has 0 aromatic heterocycles. The van der Waals surface area contributed by atoms with Crippen LogP contribution in [-0.4, -0.2) is 31.0 Å². The summed E-state index contributed by atoms with van der Waals surface area (Å²) in [6.07, 6.45) is 1.70. The van der Waals surface area contributed by atoms with E-state index >= 15 is 0 Å². The van der Waals surface area contributed by atoms with Crippen molar-refractivity contribution in [2.45, 2.75) is 13.5 Å². The highest BCUT2D eigenvalue weighted by molar-refractivity contribution is 6.16. The number of carbonyl (C=O) groups is 2. The van der Waals surface area contributed by atoms with Crippen LogP contribution in [-0.2, 0) is 20.9 Å². The summed E-state index contributed by atoms with van der Waals surface area (Å²) >= 11 is 0. The van der Waals surface area contributed by atoms with Crippen molar-refractivity contribution in [1.82, 2.24) is 4.90 Å². The zero-order valence-corrected chi connectivity index (χ0v) is 19.3. The Bertz CT molecular complexity index is 1260. The first kappa shape index (κ1) is 22.9. The highest BCUT2D eigenvalue weighted by Crippen LogP contribution is 2.33. The van der Waals surface area contributed by atoms with Crippen molar-refractivity contribution in [2.75, 3.05) is 14.2 Å². The molecule has 0 N–H and O–H groups in total. The maximum Gasteiger partial charge on any atom is 0.340 e. The molecule has 1 amide bonds. The zero-order chi connectivity index (χ0) is 24.1. The van der Waals surface area contributed by atoms with E-state index in [1.165, 1.54) is 7.11 Å². The van der Waals surface area contributed by atoms with Crippen molar-refractivity contribution in [3.63, 3.8) is 0 Å². The van der Waals surface area contributed by atoms with Crippen LogP contribution >= 0.6 is 0 Å². The lowest BCUT2D eigenvalue weighted by atomic mass is 10.0. The van der Waals surface area contributed by atoms with E-state index in [-0.39, 0.29) is 17.1 Å². The number of amides is 1. The Labute approximate surface area is 198 Å². The predicted octanol–water partition coefficient (Wildman–Crippen LogP) is 5.36. The van der Waals surface area contributed by atoms with Gasteiger partial charge < -0.3 is 19.1 Å². The number of para-hydroxylation sites is 1. The Morgan fingerprint density at radius 3 is 2.26 bits per heavy atom. The minimum atomic E-state index is -0.550. The van der Waals surface area contributed by atoms with Crippen molar-refractivity contribution in [2.24, 2.45) is 0 Å².